The second-order valence-corrected chi connectivity index (χ2v) is 4.86. The molecular weight excluding hydrogens is 236 g/mol. The molecule has 1 aliphatic heterocycles. The molecule has 1 heterocycles. The van der Waals surface area contributed by atoms with Crippen molar-refractivity contribution in [1.82, 2.24) is 0 Å². The number of amides is 1. The third-order valence-corrected chi connectivity index (χ3v) is 3.51. The number of anilines is 3. The molecule has 0 N–H and O–H groups in total. The van der Waals surface area contributed by atoms with Crippen molar-refractivity contribution in [2.75, 3.05) is 23.4 Å². The fourth-order valence-electron chi connectivity index (χ4n) is 2.55. The molecule has 0 saturated carbocycles. The molecule has 0 aliphatic carbocycles. The van der Waals surface area contributed by atoms with Crippen LogP contribution in [0.25, 0.3) is 0 Å². The Morgan fingerprint density at radius 3 is 2.16 bits per heavy atom. The molecule has 19 heavy (non-hydrogen) atoms. The van der Waals surface area contributed by atoms with Crippen molar-refractivity contribution in [3.63, 3.8) is 0 Å². The lowest BCUT2D eigenvalue weighted by molar-refractivity contribution is -0.116. The zero-order chi connectivity index (χ0) is 13.4. The molecule has 96 valence electrons. The van der Waals surface area contributed by atoms with E-state index in [9.17, 15) is 4.79 Å². The summed E-state index contributed by atoms with van der Waals surface area (Å²) in [5.74, 6) is 0.107. The molecule has 3 heteroatoms. The van der Waals surface area contributed by atoms with Crippen LogP contribution in [-0.2, 0) is 4.79 Å². The zero-order valence-corrected chi connectivity index (χ0v) is 11.1. The first-order valence-corrected chi connectivity index (χ1v) is 6.37. The number of carbonyl (C=O) groups is 1. The average molecular weight is 252 g/mol. The van der Waals surface area contributed by atoms with Crippen LogP contribution < -0.4 is 9.80 Å². The molecule has 2 aromatic rings. The molecule has 0 unspecified atom stereocenters. The van der Waals surface area contributed by atoms with Gasteiger partial charge in [0.15, 0.2) is 0 Å². The molecular formula is C16H16N2O. The first-order chi connectivity index (χ1) is 9.18. The second kappa shape index (κ2) is 4.43. The molecule has 0 saturated heterocycles. The van der Waals surface area contributed by atoms with Gasteiger partial charge in [-0.2, -0.15) is 0 Å². The highest BCUT2D eigenvalue weighted by molar-refractivity contribution is 6.08. The van der Waals surface area contributed by atoms with E-state index in [2.05, 4.69) is 0 Å². The lowest BCUT2D eigenvalue weighted by Gasteiger charge is -2.35. The van der Waals surface area contributed by atoms with Crippen molar-refractivity contribution in [1.29, 1.82) is 0 Å². The maximum absolute atomic E-state index is 12.4. The van der Waals surface area contributed by atoms with E-state index >= 15 is 0 Å². The van der Waals surface area contributed by atoms with Crippen molar-refractivity contribution < 1.29 is 4.79 Å². The van der Waals surface area contributed by atoms with Crippen molar-refractivity contribution >= 4 is 23.0 Å². The Balaban J connectivity index is 2.19. The molecule has 0 fully saturated rings. The van der Waals surface area contributed by atoms with Crippen LogP contribution in [0.3, 0.4) is 0 Å². The van der Waals surface area contributed by atoms with E-state index in [1.54, 1.807) is 0 Å². The van der Waals surface area contributed by atoms with Gasteiger partial charge in [-0.05, 0) is 30.7 Å². The van der Waals surface area contributed by atoms with E-state index in [0.29, 0.717) is 6.54 Å². The number of fused-ring (bicyclic) bond motifs is 1. The maximum atomic E-state index is 12.4. The number of para-hydroxylation sites is 3. The summed E-state index contributed by atoms with van der Waals surface area (Å²) in [6, 6.07) is 16.0. The SMILES string of the molecule is Cc1ccccc1N1C(=O)CN(C)c2ccccc21. The summed E-state index contributed by atoms with van der Waals surface area (Å²) < 4.78 is 0. The molecule has 2 aromatic carbocycles. The van der Waals surface area contributed by atoms with Gasteiger partial charge in [0.05, 0.1) is 23.6 Å². The van der Waals surface area contributed by atoms with Crippen LogP contribution in [-0.4, -0.2) is 19.5 Å². The summed E-state index contributed by atoms with van der Waals surface area (Å²) in [5.41, 5.74) is 4.11. The Hall–Kier alpha value is -2.29. The topological polar surface area (TPSA) is 23.6 Å². The Morgan fingerprint density at radius 2 is 1.47 bits per heavy atom. The minimum absolute atomic E-state index is 0.107. The van der Waals surface area contributed by atoms with Crippen LogP contribution in [0.15, 0.2) is 48.5 Å². The number of benzene rings is 2. The lowest BCUT2D eigenvalue weighted by atomic mass is 10.1. The summed E-state index contributed by atoms with van der Waals surface area (Å²) in [5, 5.41) is 0. The first-order valence-electron chi connectivity index (χ1n) is 6.37. The Kier molecular flexibility index (Phi) is 2.75. The summed E-state index contributed by atoms with van der Waals surface area (Å²) in [7, 11) is 1.95. The zero-order valence-electron chi connectivity index (χ0n) is 11.1. The fourth-order valence-corrected chi connectivity index (χ4v) is 2.55. The van der Waals surface area contributed by atoms with Crippen molar-refractivity contribution in [3.05, 3.63) is 54.1 Å². The van der Waals surface area contributed by atoms with E-state index in [4.69, 9.17) is 0 Å². The quantitative estimate of drug-likeness (QED) is 0.778. The van der Waals surface area contributed by atoms with Crippen molar-refractivity contribution in [2.45, 2.75) is 6.92 Å². The van der Waals surface area contributed by atoms with Crippen molar-refractivity contribution in [3.8, 4) is 0 Å². The molecule has 0 aromatic heterocycles. The molecule has 0 radical (unpaired) electrons. The first kappa shape index (κ1) is 11.8. The van der Waals surface area contributed by atoms with Crippen LogP contribution in [0, 0.1) is 6.92 Å². The van der Waals surface area contributed by atoms with Crippen LogP contribution in [0.2, 0.25) is 0 Å². The monoisotopic (exact) mass is 252 g/mol. The number of hydrogen-bond acceptors (Lipinski definition) is 2. The third kappa shape index (κ3) is 1.87. The normalized spacial score (nSPS) is 14.5. The number of aryl methyl sites for hydroxylation is 1. The molecule has 1 amide bonds. The standard InChI is InChI=1S/C16H16N2O/c1-12-7-3-4-8-13(12)18-15-10-6-5-9-14(15)17(2)11-16(18)19/h3-10H,11H2,1-2H3. The molecule has 3 rings (SSSR count). The van der Waals surface area contributed by atoms with Gasteiger partial charge in [-0.25, -0.2) is 0 Å². The molecule has 1 aliphatic rings. The van der Waals surface area contributed by atoms with E-state index < -0.39 is 0 Å². The van der Waals surface area contributed by atoms with Gasteiger partial charge in [0.2, 0.25) is 0 Å². The number of nitrogens with zero attached hydrogens (tertiary/aromatic N) is 2. The molecule has 0 bridgehead atoms. The molecule has 0 atom stereocenters. The van der Waals surface area contributed by atoms with Crippen LogP contribution in [0.1, 0.15) is 5.56 Å². The third-order valence-electron chi connectivity index (χ3n) is 3.51. The van der Waals surface area contributed by atoms with Crippen LogP contribution in [0.4, 0.5) is 17.1 Å². The summed E-state index contributed by atoms with van der Waals surface area (Å²) in [6.45, 7) is 2.44. The van der Waals surface area contributed by atoms with Gasteiger partial charge in [-0.15, -0.1) is 0 Å². The Morgan fingerprint density at radius 1 is 0.895 bits per heavy atom. The molecule has 3 nitrogen and oxygen atoms in total. The average Bonchev–Trinajstić information content (AvgIpc) is 2.41. The summed E-state index contributed by atoms with van der Waals surface area (Å²) in [4.78, 5) is 16.2. The van der Waals surface area contributed by atoms with Gasteiger partial charge in [-0.3, -0.25) is 9.69 Å². The number of hydrogen-bond donors (Lipinski definition) is 0. The van der Waals surface area contributed by atoms with Gasteiger partial charge >= 0.3 is 0 Å². The van der Waals surface area contributed by atoms with E-state index in [1.807, 2.05) is 72.3 Å². The lowest BCUT2D eigenvalue weighted by Crippen LogP contribution is -2.41. The Labute approximate surface area is 113 Å². The number of rotatable bonds is 1. The van der Waals surface area contributed by atoms with E-state index in [-0.39, 0.29) is 5.91 Å². The van der Waals surface area contributed by atoms with Gasteiger partial charge in [0, 0.05) is 7.05 Å². The minimum atomic E-state index is 0.107. The van der Waals surface area contributed by atoms with Gasteiger partial charge in [0.25, 0.3) is 5.91 Å². The van der Waals surface area contributed by atoms with Crippen LogP contribution in [0.5, 0.6) is 0 Å². The smallest absolute Gasteiger partial charge is 0.251 e. The maximum Gasteiger partial charge on any atom is 0.251 e. The highest BCUT2D eigenvalue weighted by Gasteiger charge is 2.28. The number of carbonyl (C=O) groups excluding carboxylic acids is 1. The Bertz CT molecular complexity index is 636. The highest BCUT2D eigenvalue weighted by atomic mass is 16.2. The van der Waals surface area contributed by atoms with E-state index in [0.717, 1.165) is 22.6 Å². The molecule has 0 spiro atoms. The fraction of sp³-hybridized carbons (Fsp3) is 0.188. The van der Waals surface area contributed by atoms with E-state index in [1.165, 1.54) is 0 Å². The highest BCUT2D eigenvalue weighted by Crippen LogP contribution is 2.38. The van der Waals surface area contributed by atoms with Crippen molar-refractivity contribution in [2.24, 2.45) is 0 Å². The largest absolute Gasteiger partial charge is 0.364 e. The predicted molar refractivity (Wildman–Crippen MR) is 78.0 cm³/mol. The van der Waals surface area contributed by atoms with Gasteiger partial charge in [-0.1, -0.05) is 30.3 Å². The summed E-state index contributed by atoms with van der Waals surface area (Å²) in [6.07, 6.45) is 0. The number of likely N-dealkylation sites (N-methyl/N-ethyl adjacent to an activating group) is 1. The van der Waals surface area contributed by atoms with Crippen LogP contribution >= 0.6 is 0 Å². The summed E-state index contributed by atoms with van der Waals surface area (Å²) >= 11 is 0. The minimum Gasteiger partial charge on any atom is -0.364 e. The van der Waals surface area contributed by atoms with Gasteiger partial charge < -0.3 is 4.90 Å². The van der Waals surface area contributed by atoms with Gasteiger partial charge in [0.1, 0.15) is 0 Å². The second-order valence-electron chi connectivity index (χ2n) is 4.86. The predicted octanol–water partition coefficient (Wildman–Crippen LogP) is 3.11.